The van der Waals surface area contributed by atoms with E-state index in [1.54, 1.807) is 0 Å². The van der Waals surface area contributed by atoms with E-state index >= 15 is 0 Å². The number of carbonyl (C=O) groups is 8. The second-order valence-corrected chi connectivity index (χ2v) is 14.7. The zero-order chi connectivity index (χ0) is 48.5. The van der Waals surface area contributed by atoms with Gasteiger partial charge in [0.1, 0.15) is 61.0 Å². The number of esters is 2. The number of ketones is 2. The topological polar surface area (TPSA) is 413 Å². The van der Waals surface area contributed by atoms with Gasteiger partial charge in [-0.05, 0) is 49.9 Å². The molecule has 66 heavy (non-hydrogen) atoms. The van der Waals surface area contributed by atoms with Gasteiger partial charge in [-0.1, -0.05) is 0 Å². The molecule has 4 rings (SSSR count). The highest BCUT2D eigenvalue weighted by Gasteiger charge is 2.38. The molecule has 28 nitrogen and oxygen atoms in total. The predicted molar refractivity (Wildman–Crippen MR) is 220 cm³/mol. The van der Waals surface area contributed by atoms with Crippen molar-refractivity contribution in [3.05, 3.63) is 68.8 Å². The van der Waals surface area contributed by atoms with Gasteiger partial charge in [0.15, 0.2) is 0 Å². The van der Waals surface area contributed by atoms with Crippen LogP contribution in [0.15, 0.2) is 48.5 Å². The van der Waals surface area contributed by atoms with Crippen molar-refractivity contribution < 1.29 is 77.0 Å². The van der Waals surface area contributed by atoms with Crippen molar-refractivity contribution in [2.75, 3.05) is 37.3 Å². The molecule has 2 fully saturated rings. The quantitative estimate of drug-likeness (QED) is 0.0297. The summed E-state index contributed by atoms with van der Waals surface area (Å²) in [5, 5.41) is 23.6. The Morgan fingerprint density at radius 3 is 1.26 bits per heavy atom. The van der Waals surface area contributed by atoms with Crippen LogP contribution in [-0.4, -0.2) is 130 Å². The molecule has 0 aromatic heterocycles. The summed E-state index contributed by atoms with van der Waals surface area (Å²) in [6.07, 6.45) is -0.588. The van der Waals surface area contributed by atoms with Crippen molar-refractivity contribution in [3.63, 3.8) is 0 Å². The standard InChI is InChI=1S/C38H48N10O18/c39-27(35(53)65-45-15-1-3-31(45)37(55)61-19-29(41)33(51)63-43-21-5-9-23(10-6-21)47(57)58)17-25(49)13-14-26(50)18-28(40)36(54)66-46-16-2-4-32(46)38(56)62-20-30(42)34(52)64-44-22-7-11-24(12-8-22)48(59)60/h5-12,27-32,43-44H,1-4,13-20,39-42H2. The van der Waals surface area contributed by atoms with E-state index in [1.165, 1.54) is 48.5 Å². The van der Waals surface area contributed by atoms with Crippen LogP contribution in [-0.2, 0) is 67.2 Å². The Balaban J connectivity index is 1.10. The Morgan fingerprint density at radius 2 is 0.924 bits per heavy atom. The number of anilines is 2. The number of hydrogen-bond donors (Lipinski definition) is 6. The predicted octanol–water partition coefficient (Wildman–Crippen LogP) is -1.12. The van der Waals surface area contributed by atoms with Gasteiger partial charge < -0.3 is 51.8 Å². The number of rotatable bonds is 25. The van der Waals surface area contributed by atoms with Gasteiger partial charge in [0, 0.05) is 63.0 Å². The van der Waals surface area contributed by atoms with Gasteiger partial charge in [0.2, 0.25) is 0 Å². The molecule has 0 aliphatic carbocycles. The van der Waals surface area contributed by atoms with Crippen LogP contribution >= 0.6 is 0 Å². The molecule has 2 aromatic rings. The normalized spacial score (nSPS) is 17.8. The van der Waals surface area contributed by atoms with Crippen molar-refractivity contribution in [2.24, 2.45) is 22.9 Å². The van der Waals surface area contributed by atoms with E-state index < -0.39 is 120 Å². The third-order valence-electron chi connectivity index (χ3n) is 9.66. The summed E-state index contributed by atoms with van der Waals surface area (Å²) < 4.78 is 10.2. The fourth-order valence-electron chi connectivity index (χ4n) is 6.02. The number of nitrogens with zero attached hydrogens (tertiary/aromatic N) is 4. The highest BCUT2D eigenvalue weighted by molar-refractivity contribution is 5.91. The smallest absolute Gasteiger partial charge is 0.352 e. The zero-order valence-electron chi connectivity index (χ0n) is 35.0. The lowest BCUT2D eigenvalue weighted by atomic mass is 10.0. The lowest BCUT2D eigenvalue weighted by Crippen LogP contribution is -2.45. The number of nitrogens with one attached hydrogen (secondary N) is 2. The third kappa shape index (κ3) is 15.8. The summed E-state index contributed by atoms with van der Waals surface area (Å²) in [4.78, 5) is 141. The molecule has 2 heterocycles. The Bertz CT molecular complexity index is 1960. The number of nitrogens with two attached hydrogens (primary N) is 4. The van der Waals surface area contributed by atoms with E-state index in [4.69, 9.17) is 51.8 Å². The summed E-state index contributed by atoms with van der Waals surface area (Å²) in [6.45, 7) is -0.995. The lowest BCUT2D eigenvalue weighted by Gasteiger charge is -2.23. The van der Waals surface area contributed by atoms with E-state index in [9.17, 15) is 58.6 Å². The number of nitro benzene ring substituents is 2. The van der Waals surface area contributed by atoms with Crippen LogP contribution in [0.5, 0.6) is 0 Å². The van der Waals surface area contributed by atoms with Crippen LogP contribution < -0.4 is 33.9 Å². The van der Waals surface area contributed by atoms with Crippen LogP contribution in [0.3, 0.4) is 0 Å². The van der Waals surface area contributed by atoms with Crippen LogP contribution in [0, 0.1) is 20.2 Å². The monoisotopic (exact) mass is 932 g/mol. The molecule has 2 aromatic carbocycles. The molecule has 6 unspecified atom stereocenters. The van der Waals surface area contributed by atoms with Gasteiger partial charge in [0.25, 0.3) is 11.4 Å². The van der Waals surface area contributed by atoms with Gasteiger partial charge in [-0.3, -0.25) is 39.4 Å². The maximum atomic E-state index is 12.8. The second kappa shape index (κ2) is 24.7. The number of hydroxylamine groups is 4. The molecule has 28 heteroatoms. The van der Waals surface area contributed by atoms with Crippen LogP contribution in [0.4, 0.5) is 22.7 Å². The van der Waals surface area contributed by atoms with Crippen LogP contribution in [0.1, 0.15) is 51.4 Å². The minimum Gasteiger partial charge on any atom is -0.462 e. The zero-order valence-corrected chi connectivity index (χ0v) is 35.0. The van der Waals surface area contributed by atoms with E-state index in [1.807, 2.05) is 0 Å². The second-order valence-electron chi connectivity index (χ2n) is 14.7. The molecule has 0 saturated carbocycles. The maximum absolute atomic E-state index is 12.8. The summed E-state index contributed by atoms with van der Waals surface area (Å²) in [7, 11) is 0. The average Bonchev–Trinajstić information content (AvgIpc) is 3.97. The number of non-ortho nitro benzene ring substituents is 2. The third-order valence-corrected chi connectivity index (χ3v) is 9.66. The first kappa shape index (κ1) is 51.4. The van der Waals surface area contributed by atoms with E-state index in [2.05, 4.69) is 11.0 Å². The van der Waals surface area contributed by atoms with Crippen LogP contribution in [0.25, 0.3) is 0 Å². The fraction of sp³-hybridized carbons (Fsp3) is 0.474. The Hall–Kier alpha value is -7.24. The highest BCUT2D eigenvalue weighted by Crippen LogP contribution is 2.22. The molecule has 0 bridgehead atoms. The number of Topliss-reactive ketones (excluding diaryl/α,β-unsaturated/α-hetero) is 2. The Labute approximate surface area is 373 Å². The summed E-state index contributed by atoms with van der Waals surface area (Å²) in [6, 6.07) is 1.87. The number of benzene rings is 2. The molecule has 10 N–H and O–H groups in total. The fourth-order valence-corrected chi connectivity index (χ4v) is 6.02. The summed E-state index contributed by atoms with van der Waals surface area (Å²) in [5.74, 6) is -7.10. The lowest BCUT2D eigenvalue weighted by molar-refractivity contribution is -0.385. The molecule has 6 atom stereocenters. The van der Waals surface area contributed by atoms with Gasteiger partial charge in [-0.2, -0.15) is 0 Å². The molecule has 0 amide bonds. The molecule has 2 aliphatic rings. The van der Waals surface area contributed by atoms with Crippen molar-refractivity contribution in [1.29, 1.82) is 0 Å². The van der Waals surface area contributed by atoms with Gasteiger partial charge in [0.05, 0.1) is 21.2 Å². The van der Waals surface area contributed by atoms with E-state index in [0.29, 0.717) is 12.8 Å². The molecule has 358 valence electrons. The minimum atomic E-state index is -1.48. The minimum absolute atomic E-state index is 0.112. The van der Waals surface area contributed by atoms with Gasteiger partial charge in [-0.15, -0.1) is 10.1 Å². The first-order valence-electron chi connectivity index (χ1n) is 20.1. The first-order chi connectivity index (χ1) is 31.3. The molecule has 0 radical (unpaired) electrons. The van der Waals surface area contributed by atoms with Crippen molar-refractivity contribution in [3.8, 4) is 0 Å². The van der Waals surface area contributed by atoms with Crippen molar-refractivity contribution in [2.45, 2.75) is 87.6 Å². The summed E-state index contributed by atoms with van der Waals surface area (Å²) in [5.41, 5.74) is 27.8. The van der Waals surface area contributed by atoms with Crippen LogP contribution in [0.2, 0.25) is 0 Å². The molecule has 2 saturated heterocycles. The number of ether oxygens (including phenoxy) is 2. The number of hydrogen-bond acceptors (Lipinski definition) is 26. The molecular formula is C38H48N10O18. The van der Waals surface area contributed by atoms with Crippen molar-refractivity contribution in [1.82, 2.24) is 10.1 Å². The Morgan fingerprint density at radius 1 is 0.576 bits per heavy atom. The van der Waals surface area contributed by atoms with Gasteiger partial charge in [-0.25, -0.2) is 30.1 Å². The SMILES string of the molecule is NC(COC(=O)C1CCCN1OC(=O)C(N)CC(=O)CCC(=O)CC(N)C(=O)ON1CCCC1C(=O)OCC(N)C(=O)ONc1ccc([N+](=O)[O-])cc1)C(=O)ONc1ccc([N+](=O)[O-])cc1. The van der Waals surface area contributed by atoms with E-state index in [-0.39, 0.29) is 61.5 Å². The maximum Gasteiger partial charge on any atom is 0.352 e. The molecule has 0 spiro atoms. The number of nitro groups is 2. The number of carbonyl (C=O) groups excluding carboxylic acids is 8. The summed E-state index contributed by atoms with van der Waals surface area (Å²) >= 11 is 0. The molecule has 2 aliphatic heterocycles. The van der Waals surface area contributed by atoms with E-state index in [0.717, 1.165) is 10.1 Å². The first-order valence-corrected chi connectivity index (χ1v) is 20.1. The molecular weight excluding hydrogens is 884 g/mol. The Kier molecular flexibility index (Phi) is 19.3. The average molecular weight is 933 g/mol. The largest absolute Gasteiger partial charge is 0.462 e. The highest BCUT2D eigenvalue weighted by atomic mass is 16.7. The van der Waals surface area contributed by atoms with Gasteiger partial charge >= 0.3 is 35.8 Å². The van der Waals surface area contributed by atoms with Crippen molar-refractivity contribution >= 4 is 70.1 Å².